The maximum absolute atomic E-state index is 8.65. The number of hydrogen-bond acceptors (Lipinski definition) is 4. The van der Waals surface area contributed by atoms with Crippen molar-refractivity contribution in [3.05, 3.63) is 0 Å². The van der Waals surface area contributed by atoms with Crippen molar-refractivity contribution in [2.75, 3.05) is 6.54 Å². The number of aliphatic hydroxyl groups excluding tert-OH is 2. The van der Waals surface area contributed by atoms with Gasteiger partial charge in [0.1, 0.15) is 0 Å². The third-order valence-corrected chi connectivity index (χ3v) is 1.72. The van der Waals surface area contributed by atoms with Gasteiger partial charge in [-0.05, 0) is 30.9 Å². The van der Waals surface area contributed by atoms with Crippen LogP contribution in [0.1, 0.15) is 26.2 Å². The summed E-state index contributed by atoms with van der Waals surface area (Å²) in [6, 6.07) is 0. The third-order valence-electron chi connectivity index (χ3n) is 1.37. The van der Waals surface area contributed by atoms with Crippen molar-refractivity contribution in [1.29, 1.82) is 0 Å². The number of nitrogens with one attached hydrogen (secondary N) is 1. The molecule has 0 aliphatic heterocycles. The topological polar surface area (TPSA) is 108 Å². The molecule has 0 saturated carbocycles. The van der Waals surface area contributed by atoms with Crippen molar-refractivity contribution in [3.63, 3.8) is 0 Å². The molecule has 0 rings (SSSR count). The van der Waals surface area contributed by atoms with E-state index in [0.29, 0.717) is 6.54 Å². The molecule has 92 valence electrons. The Bertz CT molecular complexity index is 197. The van der Waals surface area contributed by atoms with Gasteiger partial charge in [0.15, 0.2) is 0 Å². The molecular formula is C7H19KN4O2S2. The summed E-state index contributed by atoms with van der Waals surface area (Å²) in [6.45, 7) is 2.75. The van der Waals surface area contributed by atoms with E-state index >= 15 is 0 Å². The SMILES string of the molecule is CCCCCN(N)C(O)=S.NNC(O)=S.[KH]. The molecule has 7 N–H and O–H groups in total. The zero-order valence-electron chi connectivity index (χ0n) is 8.64. The van der Waals surface area contributed by atoms with Crippen LogP contribution in [0, 0.1) is 0 Å². The van der Waals surface area contributed by atoms with E-state index in [1.165, 1.54) is 5.01 Å². The van der Waals surface area contributed by atoms with Crippen LogP contribution in [0.15, 0.2) is 0 Å². The summed E-state index contributed by atoms with van der Waals surface area (Å²) >= 11 is 8.44. The van der Waals surface area contributed by atoms with E-state index in [-0.39, 0.29) is 61.7 Å². The monoisotopic (exact) mass is 294 g/mol. The van der Waals surface area contributed by atoms with E-state index in [0.717, 1.165) is 19.3 Å². The van der Waals surface area contributed by atoms with Gasteiger partial charge < -0.3 is 10.2 Å². The Morgan fingerprint density at radius 2 is 1.75 bits per heavy atom. The van der Waals surface area contributed by atoms with E-state index in [4.69, 9.17) is 16.1 Å². The minimum atomic E-state index is -0.384. The maximum atomic E-state index is 8.65. The van der Waals surface area contributed by atoms with Crippen molar-refractivity contribution in [3.8, 4) is 0 Å². The molecule has 0 heterocycles. The number of rotatable bonds is 4. The second kappa shape index (κ2) is 15.9. The fourth-order valence-corrected chi connectivity index (χ4v) is 0.719. The zero-order valence-corrected chi connectivity index (χ0v) is 10.3. The molecule has 9 heteroatoms. The van der Waals surface area contributed by atoms with Crippen LogP contribution in [0.25, 0.3) is 0 Å². The van der Waals surface area contributed by atoms with E-state index in [2.05, 4.69) is 37.2 Å². The molecule has 0 aromatic rings. The molecule has 0 amide bonds. The summed E-state index contributed by atoms with van der Waals surface area (Å²) in [7, 11) is 0. The summed E-state index contributed by atoms with van der Waals surface area (Å²) in [4.78, 5) is 0. The van der Waals surface area contributed by atoms with Crippen LogP contribution < -0.4 is 17.1 Å². The van der Waals surface area contributed by atoms with Crippen LogP contribution in [0.5, 0.6) is 0 Å². The van der Waals surface area contributed by atoms with Gasteiger partial charge in [-0.1, -0.05) is 19.8 Å². The van der Waals surface area contributed by atoms with Gasteiger partial charge in [0.25, 0.3) is 10.3 Å². The quantitative estimate of drug-likeness (QED) is 0.160. The predicted molar refractivity (Wildman–Crippen MR) is 75.3 cm³/mol. The number of unbranched alkanes of at least 4 members (excludes halogenated alkanes) is 2. The van der Waals surface area contributed by atoms with Crippen molar-refractivity contribution >= 4 is 86.2 Å². The Labute approximate surface area is 149 Å². The summed E-state index contributed by atoms with van der Waals surface area (Å²) in [5.74, 6) is 9.83. The van der Waals surface area contributed by atoms with Gasteiger partial charge in [0, 0.05) is 6.54 Å². The molecule has 0 aliphatic rings. The second-order valence-electron chi connectivity index (χ2n) is 2.63. The van der Waals surface area contributed by atoms with E-state index in [1.54, 1.807) is 0 Å². The van der Waals surface area contributed by atoms with Gasteiger partial charge >= 0.3 is 51.4 Å². The molecular weight excluding hydrogens is 275 g/mol. The fourth-order valence-electron chi connectivity index (χ4n) is 0.628. The third kappa shape index (κ3) is 20.4. The summed E-state index contributed by atoms with van der Waals surface area (Å²) in [5, 5.41) is 17.1. The molecule has 0 saturated heterocycles. The number of nitrogens with two attached hydrogens (primary N) is 2. The Morgan fingerprint density at radius 1 is 1.31 bits per heavy atom. The molecule has 0 atom stereocenters. The predicted octanol–water partition coefficient (Wildman–Crippen LogP) is -0.161. The van der Waals surface area contributed by atoms with Crippen molar-refractivity contribution < 1.29 is 10.2 Å². The molecule has 0 unspecified atom stereocenters. The molecule has 0 spiro atoms. The van der Waals surface area contributed by atoms with Crippen LogP contribution >= 0.6 is 24.4 Å². The Morgan fingerprint density at radius 3 is 2.00 bits per heavy atom. The average molecular weight is 294 g/mol. The summed E-state index contributed by atoms with van der Waals surface area (Å²) < 4.78 is 0. The molecule has 16 heavy (non-hydrogen) atoms. The molecule has 0 aromatic heterocycles. The number of hydrogen-bond donors (Lipinski definition) is 5. The Kier molecular flexibility index (Phi) is 22.1. The van der Waals surface area contributed by atoms with Crippen LogP contribution in [0.2, 0.25) is 0 Å². The van der Waals surface area contributed by atoms with Crippen LogP contribution in [-0.4, -0.2) is 83.5 Å². The van der Waals surface area contributed by atoms with E-state index in [1.807, 2.05) is 5.43 Å². The van der Waals surface area contributed by atoms with Crippen molar-refractivity contribution in [1.82, 2.24) is 10.4 Å². The standard InChI is InChI=1S/C6H14N2OS.CH4N2OS.K.H/c1-2-3-4-5-8(7)6(9)10;2-3-1(4)5;;/h2-5,7H2,1H3,(H,9,10);2H2,(H2,3,4,5);;. The number of thiocarbonyl (C=S) groups is 2. The molecule has 6 nitrogen and oxygen atoms in total. The minimum absolute atomic E-state index is 0. The number of nitrogens with zero attached hydrogens (tertiary/aromatic N) is 1. The van der Waals surface area contributed by atoms with Gasteiger partial charge in [0.05, 0.1) is 0 Å². The Hall–Kier alpha value is 0.936. The molecule has 0 radical (unpaired) electrons. The van der Waals surface area contributed by atoms with Crippen molar-refractivity contribution in [2.24, 2.45) is 11.7 Å². The normalized spacial score (nSPS) is 7.94. The molecule has 0 aromatic carbocycles. The Balaban J connectivity index is -0.000000242. The average Bonchev–Trinajstić information content (AvgIpc) is 2.18. The van der Waals surface area contributed by atoms with Gasteiger partial charge in [0.2, 0.25) is 0 Å². The number of hydrazine groups is 2. The molecule has 0 bridgehead atoms. The first-order valence-corrected chi connectivity index (χ1v) is 5.22. The van der Waals surface area contributed by atoms with Gasteiger partial charge in [-0.3, -0.25) is 10.4 Å². The molecule has 0 fully saturated rings. The van der Waals surface area contributed by atoms with Crippen LogP contribution in [0.3, 0.4) is 0 Å². The van der Waals surface area contributed by atoms with Gasteiger partial charge in [-0.2, -0.15) is 0 Å². The number of aliphatic hydroxyl groups is 2. The van der Waals surface area contributed by atoms with E-state index in [9.17, 15) is 0 Å². The second-order valence-corrected chi connectivity index (χ2v) is 3.38. The van der Waals surface area contributed by atoms with Crippen LogP contribution in [0.4, 0.5) is 0 Å². The summed E-state index contributed by atoms with van der Waals surface area (Å²) in [5.41, 5.74) is 1.81. The van der Waals surface area contributed by atoms with E-state index < -0.39 is 0 Å². The first-order chi connectivity index (χ1) is 6.95. The van der Waals surface area contributed by atoms with Gasteiger partial charge in [-0.15, -0.1) is 0 Å². The summed E-state index contributed by atoms with van der Waals surface area (Å²) in [6.07, 6.45) is 3.25. The first-order valence-electron chi connectivity index (χ1n) is 4.40. The zero-order chi connectivity index (χ0) is 12.3. The van der Waals surface area contributed by atoms with Crippen molar-refractivity contribution in [2.45, 2.75) is 26.2 Å². The molecule has 0 aliphatic carbocycles. The fraction of sp³-hybridized carbons (Fsp3) is 0.714. The van der Waals surface area contributed by atoms with Gasteiger partial charge in [-0.25, -0.2) is 11.7 Å². The van der Waals surface area contributed by atoms with Crippen LogP contribution in [-0.2, 0) is 0 Å². The first kappa shape index (κ1) is 22.1.